The average molecular weight is 282 g/mol. The van der Waals surface area contributed by atoms with E-state index in [1.165, 1.54) is 0 Å². The van der Waals surface area contributed by atoms with E-state index in [1.807, 2.05) is 45.2 Å². The normalized spacial score (nSPS) is 12.0. The van der Waals surface area contributed by atoms with Gasteiger partial charge in [-0.05, 0) is 45.5 Å². The summed E-state index contributed by atoms with van der Waals surface area (Å²) in [4.78, 5) is 9.09. The molecule has 0 amide bonds. The SMILES string of the molecule is CNC(C)(C)c1nc(-c2cc(C)c3ccccc3n2)no1. The third-order valence-electron chi connectivity index (χ3n) is 3.74. The lowest BCUT2D eigenvalue weighted by molar-refractivity contribution is 0.281. The van der Waals surface area contributed by atoms with Gasteiger partial charge in [-0.3, -0.25) is 0 Å². The Bertz CT molecular complexity index is 792. The van der Waals surface area contributed by atoms with Gasteiger partial charge in [-0.15, -0.1) is 0 Å². The number of pyridine rings is 1. The first-order valence-electron chi connectivity index (χ1n) is 6.91. The molecule has 0 saturated carbocycles. The van der Waals surface area contributed by atoms with Gasteiger partial charge in [0.05, 0.1) is 11.1 Å². The quantitative estimate of drug-likeness (QED) is 0.800. The van der Waals surface area contributed by atoms with Crippen molar-refractivity contribution in [2.24, 2.45) is 0 Å². The van der Waals surface area contributed by atoms with Crippen LogP contribution in [0.2, 0.25) is 0 Å². The van der Waals surface area contributed by atoms with Crippen molar-refractivity contribution in [1.82, 2.24) is 20.4 Å². The van der Waals surface area contributed by atoms with Crippen molar-refractivity contribution in [3.8, 4) is 11.5 Å². The number of benzene rings is 1. The van der Waals surface area contributed by atoms with Crippen LogP contribution in [0.15, 0.2) is 34.9 Å². The fourth-order valence-electron chi connectivity index (χ4n) is 2.15. The first-order valence-corrected chi connectivity index (χ1v) is 6.91. The van der Waals surface area contributed by atoms with Crippen molar-refractivity contribution in [2.45, 2.75) is 26.3 Å². The summed E-state index contributed by atoms with van der Waals surface area (Å²) in [7, 11) is 1.86. The lowest BCUT2D eigenvalue weighted by atomic mass is 10.1. The van der Waals surface area contributed by atoms with E-state index in [1.54, 1.807) is 0 Å². The molecule has 5 heteroatoms. The summed E-state index contributed by atoms with van der Waals surface area (Å²) < 4.78 is 5.36. The summed E-state index contributed by atoms with van der Waals surface area (Å²) >= 11 is 0. The molecule has 0 spiro atoms. The molecule has 0 atom stereocenters. The zero-order valence-electron chi connectivity index (χ0n) is 12.6. The molecular weight excluding hydrogens is 264 g/mol. The zero-order valence-corrected chi connectivity index (χ0v) is 12.6. The van der Waals surface area contributed by atoms with Crippen LogP contribution < -0.4 is 5.32 Å². The predicted octanol–water partition coefficient (Wildman–Crippen LogP) is 3.05. The minimum atomic E-state index is -0.364. The van der Waals surface area contributed by atoms with E-state index >= 15 is 0 Å². The maximum Gasteiger partial charge on any atom is 0.246 e. The van der Waals surface area contributed by atoms with Crippen molar-refractivity contribution < 1.29 is 4.52 Å². The largest absolute Gasteiger partial charge is 0.337 e. The molecule has 5 nitrogen and oxygen atoms in total. The number of rotatable bonds is 3. The van der Waals surface area contributed by atoms with Crippen LogP contribution in [0.1, 0.15) is 25.3 Å². The van der Waals surface area contributed by atoms with Crippen molar-refractivity contribution in [3.05, 3.63) is 41.8 Å². The fourth-order valence-corrected chi connectivity index (χ4v) is 2.15. The maximum atomic E-state index is 5.36. The molecule has 0 radical (unpaired) electrons. The Morgan fingerprint density at radius 2 is 1.90 bits per heavy atom. The molecule has 2 aromatic heterocycles. The first-order chi connectivity index (χ1) is 10.0. The minimum absolute atomic E-state index is 0.364. The number of para-hydroxylation sites is 1. The highest BCUT2D eigenvalue weighted by molar-refractivity contribution is 5.84. The van der Waals surface area contributed by atoms with E-state index in [0.717, 1.165) is 22.2 Å². The number of nitrogens with zero attached hydrogens (tertiary/aromatic N) is 3. The Balaban J connectivity index is 2.09. The van der Waals surface area contributed by atoms with E-state index in [0.29, 0.717) is 11.7 Å². The number of hydrogen-bond acceptors (Lipinski definition) is 5. The Morgan fingerprint density at radius 1 is 1.14 bits per heavy atom. The van der Waals surface area contributed by atoms with Gasteiger partial charge in [0.15, 0.2) is 0 Å². The van der Waals surface area contributed by atoms with E-state index < -0.39 is 0 Å². The van der Waals surface area contributed by atoms with Gasteiger partial charge >= 0.3 is 0 Å². The lowest BCUT2D eigenvalue weighted by Gasteiger charge is -2.17. The maximum absolute atomic E-state index is 5.36. The zero-order chi connectivity index (χ0) is 15.0. The van der Waals surface area contributed by atoms with Crippen LogP contribution in [0, 0.1) is 6.92 Å². The van der Waals surface area contributed by atoms with E-state index in [2.05, 4.69) is 33.4 Å². The smallest absolute Gasteiger partial charge is 0.246 e. The summed E-state index contributed by atoms with van der Waals surface area (Å²) in [6.07, 6.45) is 0. The van der Waals surface area contributed by atoms with Crippen molar-refractivity contribution in [2.75, 3.05) is 7.05 Å². The number of aryl methyl sites for hydroxylation is 1. The molecule has 3 aromatic rings. The summed E-state index contributed by atoms with van der Waals surface area (Å²) in [5.41, 5.74) is 2.45. The molecule has 0 saturated heterocycles. The van der Waals surface area contributed by atoms with Gasteiger partial charge < -0.3 is 9.84 Å². The molecule has 21 heavy (non-hydrogen) atoms. The molecular formula is C16H18N4O. The van der Waals surface area contributed by atoms with E-state index in [-0.39, 0.29) is 5.54 Å². The second-order valence-corrected chi connectivity index (χ2v) is 5.64. The van der Waals surface area contributed by atoms with Crippen LogP contribution >= 0.6 is 0 Å². The number of nitrogens with one attached hydrogen (secondary N) is 1. The van der Waals surface area contributed by atoms with Gasteiger partial charge in [0.25, 0.3) is 0 Å². The fraction of sp³-hybridized carbons (Fsp3) is 0.312. The Morgan fingerprint density at radius 3 is 2.67 bits per heavy atom. The van der Waals surface area contributed by atoms with Crippen LogP contribution in [-0.2, 0) is 5.54 Å². The molecule has 1 N–H and O–H groups in total. The second kappa shape index (κ2) is 4.93. The standard InChI is InChI=1S/C16H18N4O/c1-10-9-13(18-12-8-6-5-7-11(10)12)14-19-15(21-20-14)16(2,3)17-4/h5-9,17H,1-4H3. The van der Waals surface area contributed by atoms with Gasteiger partial charge in [0, 0.05) is 5.39 Å². The average Bonchev–Trinajstić information content (AvgIpc) is 2.98. The second-order valence-electron chi connectivity index (χ2n) is 5.64. The summed E-state index contributed by atoms with van der Waals surface area (Å²) in [6.45, 7) is 6.04. The molecule has 0 aliphatic carbocycles. The third kappa shape index (κ3) is 2.40. The summed E-state index contributed by atoms with van der Waals surface area (Å²) in [5, 5.41) is 8.35. The highest BCUT2D eigenvalue weighted by Gasteiger charge is 2.26. The van der Waals surface area contributed by atoms with Gasteiger partial charge in [0.1, 0.15) is 5.69 Å². The molecule has 3 rings (SSSR count). The van der Waals surface area contributed by atoms with E-state index in [4.69, 9.17) is 4.52 Å². The highest BCUT2D eigenvalue weighted by Crippen LogP contribution is 2.24. The molecule has 2 heterocycles. The van der Waals surface area contributed by atoms with Crippen LogP contribution in [0.4, 0.5) is 0 Å². The van der Waals surface area contributed by atoms with Gasteiger partial charge in [-0.25, -0.2) is 4.98 Å². The number of hydrogen-bond donors (Lipinski definition) is 1. The summed E-state index contributed by atoms with van der Waals surface area (Å²) in [6, 6.07) is 10.0. The minimum Gasteiger partial charge on any atom is -0.337 e. The monoisotopic (exact) mass is 282 g/mol. The van der Waals surface area contributed by atoms with Gasteiger partial charge in [-0.1, -0.05) is 23.4 Å². The summed E-state index contributed by atoms with van der Waals surface area (Å²) in [5.74, 6) is 1.06. The predicted molar refractivity (Wildman–Crippen MR) is 81.9 cm³/mol. The van der Waals surface area contributed by atoms with Crippen molar-refractivity contribution in [3.63, 3.8) is 0 Å². The lowest BCUT2D eigenvalue weighted by Crippen LogP contribution is -2.33. The topological polar surface area (TPSA) is 63.8 Å². The van der Waals surface area contributed by atoms with Crippen LogP contribution in [-0.4, -0.2) is 22.2 Å². The van der Waals surface area contributed by atoms with Crippen LogP contribution in [0.5, 0.6) is 0 Å². The van der Waals surface area contributed by atoms with Crippen LogP contribution in [0.3, 0.4) is 0 Å². The van der Waals surface area contributed by atoms with Crippen molar-refractivity contribution >= 4 is 10.9 Å². The molecule has 0 unspecified atom stereocenters. The molecule has 108 valence electrons. The number of aromatic nitrogens is 3. The van der Waals surface area contributed by atoms with Gasteiger partial charge in [0.2, 0.25) is 11.7 Å². The first kappa shape index (κ1) is 13.7. The van der Waals surface area contributed by atoms with E-state index in [9.17, 15) is 0 Å². The molecule has 0 aliphatic heterocycles. The van der Waals surface area contributed by atoms with Gasteiger partial charge in [-0.2, -0.15) is 4.98 Å². The highest BCUT2D eigenvalue weighted by atomic mass is 16.5. The van der Waals surface area contributed by atoms with Crippen molar-refractivity contribution in [1.29, 1.82) is 0 Å². The molecule has 0 aliphatic rings. The Labute approximate surface area is 123 Å². The Hall–Kier alpha value is -2.27. The molecule has 0 bridgehead atoms. The molecule has 0 fully saturated rings. The Kier molecular flexibility index (Phi) is 3.22. The van der Waals surface area contributed by atoms with Crippen LogP contribution in [0.25, 0.3) is 22.4 Å². The number of fused-ring (bicyclic) bond motifs is 1. The third-order valence-corrected chi connectivity index (χ3v) is 3.74. The molecule has 1 aromatic carbocycles.